The molecule has 0 spiro atoms. The summed E-state index contributed by atoms with van der Waals surface area (Å²) < 4.78 is 6.10. The lowest BCUT2D eigenvalue weighted by Crippen LogP contribution is -1.89. The Balaban J connectivity index is 1.66. The molecule has 0 aliphatic rings. The van der Waals surface area contributed by atoms with Crippen molar-refractivity contribution in [3.05, 3.63) is 84.2 Å². The number of nitrogens with zero attached hydrogens (tertiary/aromatic N) is 2. The van der Waals surface area contributed by atoms with Crippen molar-refractivity contribution in [3.63, 3.8) is 0 Å². The SMILES string of the molecule is Cc1ccc(-c2ccc(-c3c(C)ccc4c3oc3ncccc34)nc2)cc1. The number of aryl methyl sites for hydroxylation is 2. The van der Waals surface area contributed by atoms with Crippen molar-refractivity contribution in [1.82, 2.24) is 9.97 Å². The van der Waals surface area contributed by atoms with E-state index >= 15 is 0 Å². The Morgan fingerprint density at radius 1 is 0.741 bits per heavy atom. The van der Waals surface area contributed by atoms with Crippen LogP contribution >= 0.6 is 0 Å². The molecule has 130 valence electrons. The lowest BCUT2D eigenvalue weighted by Gasteiger charge is -2.08. The number of pyridine rings is 2. The Morgan fingerprint density at radius 3 is 2.33 bits per heavy atom. The summed E-state index contributed by atoms with van der Waals surface area (Å²) >= 11 is 0. The zero-order valence-electron chi connectivity index (χ0n) is 15.2. The van der Waals surface area contributed by atoms with Crippen LogP contribution in [-0.2, 0) is 0 Å². The number of rotatable bonds is 2. The van der Waals surface area contributed by atoms with E-state index in [1.165, 1.54) is 11.1 Å². The first kappa shape index (κ1) is 15.8. The molecule has 0 unspecified atom stereocenters. The molecule has 0 aliphatic heterocycles. The minimum Gasteiger partial charge on any atom is -0.437 e. The highest BCUT2D eigenvalue weighted by Crippen LogP contribution is 2.36. The van der Waals surface area contributed by atoms with Crippen molar-refractivity contribution in [1.29, 1.82) is 0 Å². The lowest BCUT2D eigenvalue weighted by atomic mass is 10.00. The first-order valence-electron chi connectivity index (χ1n) is 9.01. The fourth-order valence-electron chi connectivity index (χ4n) is 3.55. The molecule has 0 atom stereocenters. The van der Waals surface area contributed by atoms with Crippen LogP contribution in [-0.4, -0.2) is 9.97 Å². The van der Waals surface area contributed by atoms with Gasteiger partial charge >= 0.3 is 0 Å². The molecule has 0 amide bonds. The van der Waals surface area contributed by atoms with Gasteiger partial charge in [-0.1, -0.05) is 48.0 Å². The molecule has 2 aromatic carbocycles. The minimum atomic E-state index is 0.663. The number of benzene rings is 2. The summed E-state index contributed by atoms with van der Waals surface area (Å²) in [5.41, 5.74) is 8.11. The zero-order chi connectivity index (χ0) is 18.4. The number of fused-ring (bicyclic) bond motifs is 3. The van der Waals surface area contributed by atoms with Gasteiger partial charge in [-0.15, -0.1) is 0 Å². The van der Waals surface area contributed by atoms with Crippen molar-refractivity contribution in [2.45, 2.75) is 13.8 Å². The van der Waals surface area contributed by atoms with E-state index in [1.807, 2.05) is 18.3 Å². The quantitative estimate of drug-likeness (QED) is 0.373. The highest BCUT2D eigenvalue weighted by Gasteiger charge is 2.15. The van der Waals surface area contributed by atoms with E-state index in [0.717, 1.165) is 38.7 Å². The second kappa shape index (κ2) is 6.06. The van der Waals surface area contributed by atoms with E-state index in [1.54, 1.807) is 6.20 Å². The monoisotopic (exact) mass is 350 g/mol. The van der Waals surface area contributed by atoms with Gasteiger partial charge in [-0.2, -0.15) is 0 Å². The summed E-state index contributed by atoms with van der Waals surface area (Å²) in [4.78, 5) is 9.11. The van der Waals surface area contributed by atoms with E-state index in [-0.39, 0.29) is 0 Å². The Hall–Kier alpha value is -3.46. The van der Waals surface area contributed by atoms with Crippen LogP contribution in [0, 0.1) is 13.8 Å². The van der Waals surface area contributed by atoms with Gasteiger partial charge in [0.2, 0.25) is 5.71 Å². The van der Waals surface area contributed by atoms with Gasteiger partial charge in [0.05, 0.1) is 5.69 Å². The maximum Gasteiger partial charge on any atom is 0.227 e. The van der Waals surface area contributed by atoms with Gasteiger partial charge < -0.3 is 4.42 Å². The second-order valence-electron chi connectivity index (χ2n) is 6.89. The van der Waals surface area contributed by atoms with Crippen molar-refractivity contribution in [3.8, 4) is 22.4 Å². The van der Waals surface area contributed by atoms with Crippen LogP contribution in [0.15, 0.2) is 77.5 Å². The number of hydrogen-bond acceptors (Lipinski definition) is 3. The predicted molar refractivity (Wildman–Crippen MR) is 110 cm³/mol. The summed E-state index contributed by atoms with van der Waals surface area (Å²) in [6, 6.07) is 20.9. The summed E-state index contributed by atoms with van der Waals surface area (Å²) in [5.74, 6) is 0. The lowest BCUT2D eigenvalue weighted by molar-refractivity contribution is 0.654. The standard InChI is InChI=1S/C24H18N2O/c1-15-5-8-17(9-6-15)18-10-12-21(26-14-18)22-16(2)7-11-19-20-4-3-13-25-24(20)27-23(19)22/h3-14H,1-2H3. The van der Waals surface area contributed by atoms with E-state index in [4.69, 9.17) is 9.40 Å². The van der Waals surface area contributed by atoms with Crippen LogP contribution in [0.5, 0.6) is 0 Å². The third kappa shape index (κ3) is 2.59. The molecule has 27 heavy (non-hydrogen) atoms. The summed E-state index contributed by atoms with van der Waals surface area (Å²) in [6.45, 7) is 4.18. The van der Waals surface area contributed by atoms with Crippen LogP contribution < -0.4 is 0 Å². The van der Waals surface area contributed by atoms with Crippen molar-refractivity contribution >= 4 is 22.1 Å². The van der Waals surface area contributed by atoms with Crippen LogP contribution in [0.1, 0.15) is 11.1 Å². The normalized spacial score (nSPS) is 11.3. The van der Waals surface area contributed by atoms with Crippen molar-refractivity contribution in [2.75, 3.05) is 0 Å². The fraction of sp³-hybridized carbons (Fsp3) is 0.0833. The molecule has 5 rings (SSSR count). The third-order valence-electron chi connectivity index (χ3n) is 5.03. The van der Waals surface area contributed by atoms with Crippen LogP contribution in [0.2, 0.25) is 0 Å². The Kier molecular flexibility index (Phi) is 3.54. The fourth-order valence-corrected chi connectivity index (χ4v) is 3.55. The molecule has 0 bridgehead atoms. The molecule has 3 aromatic heterocycles. The minimum absolute atomic E-state index is 0.663. The van der Waals surface area contributed by atoms with Gasteiger partial charge in [0, 0.05) is 34.3 Å². The molecule has 0 saturated carbocycles. The van der Waals surface area contributed by atoms with Gasteiger partial charge in [0.1, 0.15) is 5.58 Å². The molecule has 0 N–H and O–H groups in total. The molecule has 5 aromatic rings. The molecule has 0 saturated heterocycles. The van der Waals surface area contributed by atoms with Gasteiger partial charge in [-0.05, 0) is 43.2 Å². The molecule has 3 heteroatoms. The van der Waals surface area contributed by atoms with Crippen molar-refractivity contribution < 1.29 is 4.42 Å². The van der Waals surface area contributed by atoms with E-state index in [2.05, 4.69) is 67.4 Å². The van der Waals surface area contributed by atoms with Crippen LogP contribution in [0.25, 0.3) is 44.5 Å². The molecule has 3 nitrogen and oxygen atoms in total. The highest BCUT2D eigenvalue weighted by atomic mass is 16.3. The van der Waals surface area contributed by atoms with Crippen molar-refractivity contribution in [2.24, 2.45) is 0 Å². The van der Waals surface area contributed by atoms with Crippen LogP contribution in [0.3, 0.4) is 0 Å². The number of aromatic nitrogens is 2. The van der Waals surface area contributed by atoms with E-state index in [0.29, 0.717) is 5.71 Å². The first-order chi connectivity index (χ1) is 13.2. The smallest absolute Gasteiger partial charge is 0.227 e. The van der Waals surface area contributed by atoms with E-state index in [9.17, 15) is 0 Å². The second-order valence-corrected chi connectivity index (χ2v) is 6.89. The Labute approximate surface area is 157 Å². The number of hydrogen-bond donors (Lipinski definition) is 0. The molecular formula is C24H18N2O. The number of furan rings is 1. The topological polar surface area (TPSA) is 38.9 Å². The van der Waals surface area contributed by atoms with Gasteiger partial charge in [0.15, 0.2) is 0 Å². The first-order valence-corrected chi connectivity index (χ1v) is 9.01. The largest absolute Gasteiger partial charge is 0.437 e. The average Bonchev–Trinajstić information content (AvgIpc) is 3.07. The molecule has 3 heterocycles. The maximum absolute atomic E-state index is 6.10. The van der Waals surface area contributed by atoms with Crippen LogP contribution in [0.4, 0.5) is 0 Å². The van der Waals surface area contributed by atoms with Gasteiger partial charge in [-0.25, -0.2) is 4.98 Å². The molecular weight excluding hydrogens is 332 g/mol. The molecule has 0 radical (unpaired) electrons. The molecule has 0 aliphatic carbocycles. The van der Waals surface area contributed by atoms with Gasteiger partial charge in [-0.3, -0.25) is 4.98 Å². The predicted octanol–water partition coefficient (Wildman–Crippen LogP) is 6.33. The third-order valence-corrected chi connectivity index (χ3v) is 5.03. The van der Waals surface area contributed by atoms with E-state index < -0.39 is 0 Å². The summed E-state index contributed by atoms with van der Waals surface area (Å²) in [5, 5.41) is 2.10. The Morgan fingerprint density at radius 2 is 1.56 bits per heavy atom. The highest BCUT2D eigenvalue weighted by molar-refractivity contribution is 6.08. The summed E-state index contributed by atoms with van der Waals surface area (Å²) in [7, 11) is 0. The van der Waals surface area contributed by atoms with Gasteiger partial charge in [0.25, 0.3) is 0 Å². The maximum atomic E-state index is 6.10. The zero-order valence-corrected chi connectivity index (χ0v) is 15.2. The molecule has 0 fully saturated rings. The Bertz CT molecular complexity index is 1270. The average molecular weight is 350 g/mol. The summed E-state index contributed by atoms with van der Waals surface area (Å²) in [6.07, 6.45) is 3.69.